The number of anilines is 1. The molecule has 0 saturated carbocycles. The zero-order valence-corrected chi connectivity index (χ0v) is 15.5. The van der Waals surface area contributed by atoms with Gasteiger partial charge in [-0.15, -0.1) is 0 Å². The Morgan fingerprint density at radius 3 is 2.76 bits per heavy atom. The molecule has 0 aliphatic carbocycles. The molecule has 0 radical (unpaired) electrons. The summed E-state index contributed by atoms with van der Waals surface area (Å²) >= 11 is 3.62. The van der Waals surface area contributed by atoms with Gasteiger partial charge < -0.3 is 10.2 Å². The predicted molar refractivity (Wildman–Crippen MR) is 95.9 cm³/mol. The van der Waals surface area contributed by atoms with Crippen molar-refractivity contribution in [2.45, 2.75) is 47.1 Å². The van der Waals surface area contributed by atoms with E-state index in [1.807, 2.05) is 0 Å². The van der Waals surface area contributed by atoms with Crippen LogP contribution in [-0.2, 0) is 6.54 Å². The number of benzene rings is 1. The summed E-state index contributed by atoms with van der Waals surface area (Å²) in [6.07, 6.45) is 2.63. The third kappa shape index (κ3) is 5.00. The second-order valence-corrected chi connectivity index (χ2v) is 8.40. The van der Waals surface area contributed by atoms with Crippen LogP contribution in [0.15, 0.2) is 22.7 Å². The molecule has 0 unspecified atom stereocenters. The lowest BCUT2D eigenvalue weighted by atomic mass is 9.84. The maximum atomic E-state index is 3.62. The maximum Gasteiger partial charge on any atom is 0.0412 e. The predicted octanol–water partition coefficient (Wildman–Crippen LogP) is 4.82. The molecule has 0 amide bonds. The minimum absolute atomic E-state index is 0.425. The van der Waals surface area contributed by atoms with Crippen molar-refractivity contribution in [2.75, 3.05) is 24.5 Å². The van der Waals surface area contributed by atoms with Crippen molar-refractivity contribution in [3.8, 4) is 0 Å². The smallest absolute Gasteiger partial charge is 0.0412 e. The topological polar surface area (TPSA) is 15.3 Å². The van der Waals surface area contributed by atoms with Crippen LogP contribution < -0.4 is 10.2 Å². The Kier molecular flexibility index (Phi) is 5.73. The van der Waals surface area contributed by atoms with Gasteiger partial charge in [-0.2, -0.15) is 0 Å². The molecular formula is C18H29BrN2. The van der Waals surface area contributed by atoms with E-state index in [-0.39, 0.29) is 0 Å². The Hall–Kier alpha value is -0.540. The SMILES string of the molecule is CC(C)CNCc1cc(Br)ccc1N1CCCC(C)(C)C1. The third-order valence-corrected chi connectivity index (χ3v) is 4.64. The van der Waals surface area contributed by atoms with Gasteiger partial charge >= 0.3 is 0 Å². The molecule has 1 N–H and O–H groups in total. The van der Waals surface area contributed by atoms with Gasteiger partial charge in [0.05, 0.1) is 0 Å². The molecule has 0 atom stereocenters. The fourth-order valence-electron chi connectivity index (χ4n) is 3.13. The minimum atomic E-state index is 0.425. The lowest BCUT2D eigenvalue weighted by molar-refractivity contribution is 0.293. The lowest BCUT2D eigenvalue weighted by Gasteiger charge is -2.40. The first-order valence-electron chi connectivity index (χ1n) is 8.11. The molecule has 0 spiro atoms. The first-order chi connectivity index (χ1) is 9.87. The van der Waals surface area contributed by atoms with Crippen LogP contribution in [-0.4, -0.2) is 19.6 Å². The summed E-state index contributed by atoms with van der Waals surface area (Å²) in [6.45, 7) is 13.6. The average molecular weight is 353 g/mol. The molecule has 1 aromatic carbocycles. The first kappa shape index (κ1) is 16.8. The number of rotatable bonds is 5. The average Bonchev–Trinajstić information content (AvgIpc) is 2.37. The van der Waals surface area contributed by atoms with E-state index in [0.29, 0.717) is 11.3 Å². The Morgan fingerprint density at radius 2 is 2.10 bits per heavy atom. The second kappa shape index (κ2) is 7.15. The Labute approximate surface area is 138 Å². The zero-order chi connectivity index (χ0) is 15.5. The van der Waals surface area contributed by atoms with Crippen molar-refractivity contribution in [2.24, 2.45) is 11.3 Å². The fraction of sp³-hybridized carbons (Fsp3) is 0.667. The third-order valence-electron chi connectivity index (χ3n) is 4.15. The molecule has 21 heavy (non-hydrogen) atoms. The van der Waals surface area contributed by atoms with Gasteiger partial charge in [-0.3, -0.25) is 0 Å². The highest BCUT2D eigenvalue weighted by molar-refractivity contribution is 9.10. The van der Waals surface area contributed by atoms with E-state index in [1.165, 1.54) is 35.1 Å². The normalized spacial score (nSPS) is 18.3. The standard InChI is InChI=1S/C18H29BrN2/c1-14(2)11-20-12-15-10-16(19)6-7-17(15)21-9-5-8-18(3,4)13-21/h6-7,10,14,20H,5,8-9,11-13H2,1-4H3. The molecular weight excluding hydrogens is 324 g/mol. The molecule has 118 valence electrons. The fourth-order valence-corrected chi connectivity index (χ4v) is 3.54. The van der Waals surface area contributed by atoms with Crippen molar-refractivity contribution in [3.63, 3.8) is 0 Å². The van der Waals surface area contributed by atoms with Gasteiger partial charge in [0.25, 0.3) is 0 Å². The van der Waals surface area contributed by atoms with Gasteiger partial charge in [0, 0.05) is 29.8 Å². The molecule has 1 heterocycles. The molecule has 1 fully saturated rings. The summed E-state index contributed by atoms with van der Waals surface area (Å²) in [5, 5.41) is 3.58. The number of nitrogens with zero attached hydrogens (tertiary/aromatic N) is 1. The Morgan fingerprint density at radius 1 is 1.33 bits per heavy atom. The van der Waals surface area contributed by atoms with Crippen LogP contribution in [0.2, 0.25) is 0 Å². The van der Waals surface area contributed by atoms with Crippen molar-refractivity contribution >= 4 is 21.6 Å². The van der Waals surface area contributed by atoms with Crippen LogP contribution >= 0.6 is 15.9 Å². The first-order valence-corrected chi connectivity index (χ1v) is 8.91. The van der Waals surface area contributed by atoms with Crippen LogP contribution in [0.5, 0.6) is 0 Å². The van der Waals surface area contributed by atoms with E-state index in [1.54, 1.807) is 0 Å². The molecule has 3 heteroatoms. The molecule has 2 nitrogen and oxygen atoms in total. The summed E-state index contributed by atoms with van der Waals surface area (Å²) in [6, 6.07) is 6.71. The van der Waals surface area contributed by atoms with E-state index in [9.17, 15) is 0 Å². The van der Waals surface area contributed by atoms with Crippen molar-refractivity contribution in [3.05, 3.63) is 28.2 Å². The van der Waals surface area contributed by atoms with Crippen LogP contribution in [0.4, 0.5) is 5.69 Å². The molecule has 1 aliphatic heterocycles. The zero-order valence-electron chi connectivity index (χ0n) is 13.9. The molecule has 2 rings (SSSR count). The number of hydrogen-bond acceptors (Lipinski definition) is 2. The summed E-state index contributed by atoms with van der Waals surface area (Å²) in [4.78, 5) is 2.57. The van der Waals surface area contributed by atoms with Crippen molar-refractivity contribution < 1.29 is 0 Å². The monoisotopic (exact) mass is 352 g/mol. The summed E-state index contributed by atoms with van der Waals surface area (Å²) < 4.78 is 1.17. The maximum absolute atomic E-state index is 3.62. The Balaban J connectivity index is 2.14. The van der Waals surface area contributed by atoms with Gasteiger partial charge in [0.1, 0.15) is 0 Å². The van der Waals surface area contributed by atoms with E-state index in [2.05, 4.69) is 72.0 Å². The largest absolute Gasteiger partial charge is 0.371 e. The second-order valence-electron chi connectivity index (χ2n) is 7.49. The number of hydrogen-bond donors (Lipinski definition) is 1. The number of nitrogens with one attached hydrogen (secondary N) is 1. The van der Waals surface area contributed by atoms with Crippen LogP contribution in [0.1, 0.15) is 46.1 Å². The molecule has 1 aromatic rings. The van der Waals surface area contributed by atoms with Crippen LogP contribution in [0.3, 0.4) is 0 Å². The molecule has 0 aromatic heterocycles. The van der Waals surface area contributed by atoms with Crippen LogP contribution in [0, 0.1) is 11.3 Å². The van der Waals surface area contributed by atoms with E-state index < -0.39 is 0 Å². The van der Waals surface area contributed by atoms with Crippen molar-refractivity contribution in [1.29, 1.82) is 0 Å². The molecule has 1 aliphatic rings. The van der Waals surface area contributed by atoms with E-state index >= 15 is 0 Å². The number of piperidine rings is 1. The minimum Gasteiger partial charge on any atom is -0.371 e. The lowest BCUT2D eigenvalue weighted by Crippen LogP contribution is -2.40. The van der Waals surface area contributed by atoms with Gasteiger partial charge in [0.2, 0.25) is 0 Å². The van der Waals surface area contributed by atoms with Crippen LogP contribution in [0.25, 0.3) is 0 Å². The van der Waals surface area contributed by atoms with Crippen molar-refractivity contribution in [1.82, 2.24) is 5.32 Å². The molecule has 1 saturated heterocycles. The quantitative estimate of drug-likeness (QED) is 0.816. The van der Waals surface area contributed by atoms with Gasteiger partial charge in [-0.05, 0) is 54.5 Å². The highest BCUT2D eigenvalue weighted by Crippen LogP contribution is 2.34. The van der Waals surface area contributed by atoms with Gasteiger partial charge in [-0.25, -0.2) is 0 Å². The number of halogens is 1. The summed E-state index contributed by atoms with van der Waals surface area (Å²) in [5.74, 6) is 0.689. The van der Waals surface area contributed by atoms with Gasteiger partial charge in [0.15, 0.2) is 0 Å². The highest BCUT2D eigenvalue weighted by Gasteiger charge is 2.27. The van der Waals surface area contributed by atoms with E-state index in [4.69, 9.17) is 0 Å². The Bertz CT molecular complexity index is 468. The summed E-state index contributed by atoms with van der Waals surface area (Å²) in [7, 11) is 0. The van der Waals surface area contributed by atoms with Gasteiger partial charge in [-0.1, -0.05) is 43.6 Å². The highest BCUT2D eigenvalue weighted by atomic mass is 79.9. The molecule has 0 bridgehead atoms. The summed E-state index contributed by atoms with van der Waals surface area (Å²) in [5.41, 5.74) is 3.23. The van der Waals surface area contributed by atoms with E-state index in [0.717, 1.165) is 19.6 Å².